The van der Waals surface area contributed by atoms with Crippen molar-refractivity contribution in [1.29, 1.82) is 0 Å². The van der Waals surface area contributed by atoms with Gasteiger partial charge in [-0.2, -0.15) is 0 Å². The third kappa shape index (κ3) is 5.07. The Morgan fingerprint density at radius 1 is 0.939 bits per heavy atom. The molecule has 0 bridgehead atoms. The second-order valence-corrected chi connectivity index (χ2v) is 10.7. The standard InChI is InChI=1S/C26H27ClN2O3S/c1-16-7-11-23(13-17(16)2)29-33(31,32)25-15-22(10-12-24(25)27)26(30)28-18(3)20-9-8-19-5-4-6-21(19)14-20/h7-15,18,29H,4-6H2,1-3H3,(H,28,30)/t18-/m0/s1. The van der Waals surface area contributed by atoms with Gasteiger partial charge in [-0.15, -0.1) is 0 Å². The van der Waals surface area contributed by atoms with Gasteiger partial charge in [0, 0.05) is 11.3 Å². The predicted octanol–water partition coefficient (Wildman–Crippen LogP) is 5.74. The Balaban J connectivity index is 1.54. The Bertz CT molecular complexity index is 1340. The Morgan fingerprint density at radius 2 is 1.70 bits per heavy atom. The fraction of sp³-hybridized carbons (Fsp3) is 0.269. The lowest BCUT2D eigenvalue weighted by molar-refractivity contribution is 0.0939. The lowest BCUT2D eigenvalue weighted by atomic mass is 10.0. The first-order valence-corrected chi connectivity index (χ1v) is 12.8. The van der Waals surface area contributed by atoms with Crippen LogP contribution >= 0.6 is 11.6 Å². The lowest BCUT2D eigenvalue weighted by Gasteiger charge is -2.17. The quantitative estimate of drug-likeness (QED) is 0.470. The van der Waals surface area contributed by atoms with Crippen molar-refractivity contribution < 1.29 is 13.2 Å². The van der Waals surface area contributed by atoms with Crippen LogP contribution in [-0.4, -0.2) is 14.3 Å². The predicted molar refractivity (Wildman–Crippen MR) is 133 cm³/mol. The summed E-state index contributed by atoms with van der Waals surface area (Å²) in [5.74, 6) is -0.359. The van der Waals surface area contributed by atoms with Crippen molar-refractivity contribution in [2.45, 2.75) is 51.0 Å². The van der Waals surface area contributed by atoms with Crippen LogP contribution in [0.5, 0.6) is 0 Å². The molecule has 7 heteroatoms. The number of hydrogen-bond donors (Lipinski definition) is 2. The number of fused-ring (bicyclic) bond motifs is 1. The third-order valence-corrected chi connectivity index (χ3v) is 8.08. The SMILES string of the molecule is Cc1ccc(NS(=O)(=O)c2cc(C(=O)N[C@@H](C)c3ccc4c(c3)CCC4)ccc2Cl)cc1C. The number of rotatable bonds is 6. The minimum absolute atomic E-state index is 0.0505. The van der Waals surface area contributed by atoms with Crippen molar-refractivity contribution in [1.82, 2.24) is 5.32 Å². The van der Waals surface area contributed by atoms with Gasteiger partial charge in [-0.3, -0.25) is 9.52 Å². The first-order chi connectivity index (χ1) is 15.6. The smallest absolute Gasteiger partial charge is 0.263 e. The zero-order valence-corrected chi connectivity index (χ0v) is 20.5. The first kappa shape index (κ1) is 23.3. The Morgan fingerprint density at radius 3 is 2.45 bits per heavy atom. The zero-order chi connectivity index (χ0) is 23.8. The largest absolute Gasteiger partial charge is 0.346 e. The molecule has 3 aromatic rings. The average Bonchev–Trinajstić information content (AvgIpc) is 3.24. The van der Waals surface area contributed by atoms with Gasteiger partial charge in [0.2, 0.25) is 0 Å². The van der Waals surface area contributed by atoms with E-state index in [0.29, 0.717) is 5.69 Å². The van der Waals surface area contributed by atoms with E-state index in [0.717, 1.165) is 36.0 Å². The molecule has 4 rings (SSSR count). The highest BCUT2D eigenvalue weighted by atomic mass is 35.5. The van der Waals surface area contributed by atoms with Gasteiger partial charge in [0.1, 0.15) is 4.90 Å². The van der Waals surface area contributed by atoms with E-state index in [1.54, 1.807) is 12.1 Å². The summed E-state index contributed by atoms with van der Waals surface area (Å²) < 4.78 is 28.6. The molecule has 0 unspecified atom stereocenters. The molecule has 0 heterocycles. The highest BCUT2D eigenvalue weighted by molar-refractivity contribution is 7.92. The van der Waals surface area contributed by atoms with Crippen molar-refractivity contribution >= 4 is 33.2 Å². The van der Waals surface area contributed by atoms with Crippen LogP contribution in [0.25, 0.3) is 0 Å². The molecule has 0 saturated carbocycles. The van der Waals surface area contributed by atoms with E-state index in [2.05, 4.69) is 22.2 Å². The molecule has 0 spiro atoms. The van der Waals surface area contributed by atoms with Crippen LogP contribution in [0.2, 0.25) is 5.02 Å². The topological polar surface area (TPSA) is 75.3 Å². The summed E-state index contributed by atoms with van der Waals surface area (Å²) in [7, 11) is -3.98. The maximum Gasteiger partial charge on any atom is 0.263 e. The third-order valence-electron chi connectivity index (χ3n) is 6.21. The Labute approximate surface area is 200 Å². The van der Waals surface area contributed by atoms with Crippen LogP contribution in [0, 0.1) is 13.8 Å². The molecule has 1 atom stereocenters. The van der Waals surface area contributed by atoms with Crippen molar-refractivity contribution in [3.05, 3.63) is 93.0 Å². The molecule has 0 aliphatic heterocycles. The zero-order valence-electron chi connectivity index (χ0n) is 18.9. The number of aryl methyl sites for hydroxylation is 4. The summed E-state index contributed by atoms with van der Waals surface area (Å²) in [5, 5.41) is 3.02. The van der Waals surface area contributed by atoms with Crippen molar-refractivity contribution in [2.75, 3.05) is 4.72 Å². The van der Waals surface area contributed by atoms with Crippen LogP contribution in [0.1, 0.15) is 57.6 Å². The molecule has 1 aliphatic rings. The van der Waals surface area contributed by atoms with E-state index >= 15 is 0 Å². The normalized spacial score (nSPS) is 13.9. The van der Waals surface area contributed by atoms with Gasteiger partial charge in [0.05, 0.1) is 11.1 Å². The molecule has 0 aromatic heterocycles. The average molecular weight is 483 g/mol. The van der Waals surface area contributed by atoms with E-state index in [1.807, 2.05) is 32.9 Å². The molecule has 1 amide bonds. The molecule has 0 fully saturated rings. The number of anilines is 1. The second kappa shape index (κ2) is 9.20. The molecule has 5 nitrogen and oxygen atoms in total. The van der Waals surface area contributed by atoms with Crippen LogP contribution in [-0.2, 0) is 22.9 Å². The summed E-state index contributed by atoms with van der Waals surface area (Å²) in [5.41, 5.74) is 6.44. The molecular formula is C26H27ClN2O3S. The van der Waals surface area contributed by atoms with Crippen LogP contribution in [0.3, 0.4) is 0 Å². The maximum atomic E-state index is 13.0. The molecule has 0 radical (unpaired) electrons. The molecule has 172 valence electrons. The minimum atomic E-state index is -3.98. The van der Waals surface area contributed by atoms with Crippen LogP contribution < -0.4 is 10.0 Å². The van der Waals surface area contributed by atoms with Crippen molar-refractivity contribution in [2.24, 2.45) is 0 Å². The summed E-state index contributed by atoms with van der Waals surface area (Å²) in [6, 6.07) is 15.7. The van der Waals surface area contributed by atoms with E-state index < -0.39 is 10.0 Å². The number of amides is 1. The number of carbonyl (C=O) groups is 1. The summed E-state index contributed by atoms with van der Waals surface area (Å²) in [6.45, 7) is 5.78. The van der Waals surface area contributed by atoms with Crippen molar-refractivity contribution in [3.63, 3.8) is 0 Å². The fourth-order valence-electron chi connectivity index (χ4n) is 4.09. The van der Waals surface area contributed by atoms with E-state index in [1.165, 1.54) is 29.3 Å². The molecule has 33 heavy (non-hydrogen) atoms. The fourth-order valence-corrected chi connectivity index (χ4v) is 5.67. The molecule has 0 saturated heterocycles. The van der Waals surface area contributed by atoms with Crippen molar-refractivity contribution in [3.8, 4) is 0 Å². The van der Waals surface area contributed by atoms with E-state index in [9.17, 15) is 13.2 Å². The maximum absolute atomic E-state index is 13.0. The summed E-state index contributed by atoms with van der Waals surface area (Å²) in [4.78, 5) is 12.8. The number of sulfonamides is 1. The number of halogens is 1. The first-order valence-electron chi connectivity index (χ1n) is 11.0. The number of nitrogens with one attached hydrogen (secondary N) is 2. The Hall–Kier alpha value is -2.83. The van der Waals surface area contributed by atoms with E-state index in [4.69, 9.17) is 11.6 Å². The summed E-state index contributed by atoms with van der Waals surface area (Å²) in [6.07, 6.45) is 3.34. The second-order valence-electron chi connectivity index (χ2n) is 8.63. The molecular weight excluding hydrogens is 456 g/mol. The van der Waals surface area contributed by atoms with Gasteiger partial charge in [-0.25, -0.2) is 8.42 Å². The molecule has 3 aromatic carbocycles. The van der Waals surface area contributed by atoms with Gasteiger partial charge < -0.3 is 5.32 Å². The van der Waals surface area contributed by atoms with Gasteiger partial charge in [-0.1, -0.05) is 35.9 Å². The summed E-state index contributed by atoms with van der Waals surface area (Å²) >= 11 is 6.21. The monoisotopic (exact) mass is 482 g/mol. The lowest BCUT2D eigenvalue weighted by Crippen LogP contribution is -2.27. The van der Waals surface area contributed by atoms with Crippen LogP contribution in [0.15, 0.2) is 59.5 Å². The number of benzene rings is 3. The number of carbonyl (C=O) groups excluding carboxylic acids is 1. The minimum Gasteiger partial charge on any atom is -0.346 e. The molecule has 1 aliphatic carbocycles. The van der Waals surface area contributed by atoms with Gasteiger partial charge >= 0.3 is 0 Å². The van der Waals surface area contributed by atoms with E-state index in [-0.39, 0.29) is 27.4 Å². The van der Waals surface area contributed by atoms with Gasteiger partial charge in [-0.05, 0) is 98.2 Å². The number of hydrogen-bond acceptors (Lipinski definition) is 3. The van der Waals surface area contributed by atoms with Crippen LogP contribution in [0.4, 0.5) is 5.69 Å². The van der Waals surface area contributed by atoms with Gasteiger partial charge in [0.25, 0.3) is 15.9 Å². The Kier molecular flexibility index (Phi) is 6.50. The highest BCUT2D eigenvalue weighted by Crippen LogP contribution is 2.28. The van der Waals surface area contributed by atoms with Gasteiger partial charge in [0.15, 0.2) is 0 Å². The molecule has 2 N–H and O–H groups in total. The highest BCUT2D eigenvalue weighted by Gasteiger charge is 2.22.